The number of hydrogen-bond acceptors (Lipinski definition) is 3. The van der Waals surface area contributed by atoms with Crippen LogP contribution in [0.3, 0.4) is 0 Å². The molecule has 4 N–H and O–H groups in total. The van der Waals surface area contributed by atoms with Crippen LogP contribution in [-0.2, 0) is 0 Å². The van der Waals surface area contributed by atoms with E-state index >= 15 is 0 Å². The minimum atomic E-state index is -1.30. The zero-order valence-corrected chi connectivity index (χ0v) is 9.08. The van der Waals surface area contributed by atoms with Crippen molar-refractivity contribution >= 4 is 11.7 Å². The largest absolute Gasteiger partial charge is 0.409 e. The average Bonchev–Trinajstić information content (AvgIpc) is 2.27. The first-order valence-corrected chi connectivity index (χ1v) is 4.85. The Kier molecular flexibility index (Phi) is 4.52. The summed E-state index contributed by atoms with van der Waals surface area (Å²) >= 11 is 0. The fourth-order valence-corrected chi connectivity index (χ4v) is 1.20. The fourth-order valence-electron chi connectivity index (χ4n) is 1.20. The minimum Gasteiger partial charge on any atom is -0.409 e. The van der Waals surface area contributed by atoms with E-state index in [1.54, 1.807) is 0 Å². The highest BCUT2D eigenvalue weighted by Gasteiger charge is 2.18. The Morgan fingerprint density at radius 3 is 2.39 bits per heavy atom. The van der Waals surface area contributed by atoms with Crippen LogP contribution in [0.25, 0.3) is 0 Å². The molecule has 1 aromatic rings. The molecule has 5 nitrogen and oxygen atoms in total. The second-order valence-electron chi connectivity index (χ2n) is 3.34. The van der Waals surface area contributed by atoms with Crippen molar-refractivity contribution in [3.63, 3.8) is 0 Å². The van der Waals surface area contributed by atoms with Crippen LogP contribution in [0.15, 0.2) is 17.3 Å². The highest BCUT2D eigenvalue weighted by molar-refractivity contribution is 5.95. The highest BCUT2D eigenvalue weighted by Crippen LogP contribution is 2.14. The molecule has 8 heteroatoms. The predicted octanol–water partition coefficient (Wildman–Crippen LogP) is 0.970. The number of carbonyl (C=O) groups is 1. The maximum Gasteiger partial charge on any atom is 0.257 e. The number of benzene rings is 1. The Morgan fingerprint density at radius 2 is 1.89 bits per heavy atom. The number of rotatable bonds is 4. The van der Waals surface area contributed by atoms with Crippen molar-refractivity contribution in [2.45, 2.75) is 6.42 Å². The molecule has 0 atom stereocenters. The molecule has 0 heterocycles. The highest BCUT2D eigenvalue weighted by atomic mass is 19.1. The van der Waals surface area contributed by atoms with Crippen LogP contribution in [0.2, 0.25) is 0 Å². The van der Waals surface area contributed by atoms with Gasteiger partial charge in [0.1, 0.15) is 28.9 Å². The number of oxime groups is 1. The van der Waals surface area contributed by atoms with Crippen LogP contribution < -0.4 is 11.1 Å². The summed E-state index contributed by atoms with van der Waals surface area (Å²) in [6.45, 7) is -0.0784. The molecule has 0 spiro atoms. The number of amides is 1. The normalized spacial score (nSPS) is 11.4. The van der Waals surface area contributed by atoms with Gasteiger partial charge in [-0.05, 0) is 0 Å². The molecule has 0 radical (unpaired) electrons. The maximum absolute atomic E-state index is 13.2. The lowest BCUT2D eigenvalue weighted by Gasteiger charge is -2.06. The Labute approximate surface area is 100 Å². The van der Waals surface area contributed by atoms with E-state index in [9.17, 15) is 18.0 Å². The predicted molar refractivity (Wildman–Crippen MR) is 56.7 cm³/mol. The summed E-state index contributed by atoms with van der Waals surface area (Å²) in [6, 6.07) is 0.809. The number of hydrogen-bond donors (Lipinski definition) is 3. The van der Waals surface area contributed by atoms with E-state index in [0.717, 1.165) is 0 Å². The van der Waals surface area contributed by atoms with Crippen molar-refractivity contribution in [2.24, 2.45) is 10.9 Å². The molecule has 0 saturated heterocycles. The van der Waals surface area contributed by atoms with Crippen LogP contribution in [0.1, 0.15) is 16.8 Å². The quantitative estimate of drug-likeness (QED) is 0.326. The SMILES string of the molecule is NC(CCNC(=O)c1c(F)cc(F)cc1F)=NO. The van der Waals surface area contributed by atoms with Crippen molar-refractivity contribution in [3.8, 4) is 0 Å². The van der Waals surface area contributed by atoms with E-state index in [0.29, 0.717) is 12.1 Å². The molecule has 0 bridgehead atoms. The molecule has 0 aliphatic carbocycles. The first kappa shape index (κ1) is 13.8. The third-order valence-electron chi connectivity index (χ3n) is 2.03. The Morgan fingerprint density at radius 1 is 1.33 bits per heavy atom. The Bertz CT molecular complexity index is 468. The molecule has 1 amide bonds. The van der Waals surface area contributed by atoms with Crippen molar-refractivity contribution in [2.75, 3.05) is 6.54 Å². The summed E-state index contributed by atoms with van der Waals surface area (Å²) in [6.07, 6.45) is 0.00662. The van der Waals surface area contributed by atoms with Gasteiger partial charge in [0.2, 0.25) is 0 Å². The third kappa shape index (κ3) is 3.37. The molecule has 1 rings (SSSR count). The average molecular weight is 261 g/mol. The molecule has 0 saturated carbocycles. The maximum atomic E-state index is 13.2. The first-order valence-electron chi connectivity index (χ1n) is 4.85. The molecule has 0 aliphatic heterocycles. The molecule has 18 heavy (non-hydrogen) atoms. The molecule has 0 fully saturated rings. The summed E-state index contributed by atoms with van der Waals surface area (Å²) in [5, 5.41) is 13.0. The van der Waals surface area contributed by atoms with Crippen LogP contribution in [0.5, 0.6) is 0 Å². The zero-order chi connectivity index (χ0) is 13.7. The van der Waals surface area contributed by atoms with E-state index in [4.69, 9.17) is 10.9 Å². The van der Waals surface area contributed by atoms with E-state index in [1.807, 2.05) is 0 Å². The number of nitrogens with one attached hydrogen (secondary N) is 1. The summed E-state index contributed by atoms with van der Waals surface area (Å²) in [5.74, 6) is -4.90. The van der Waals surface area contributed by atoms with Gasteiger partial charge in [-0.1, -0.05) is 5.16 Å². The van der Waals surface area contributed by atoms with Gasteiger partial charge in [0.05, 0.1) is 0 Å². The second-order valence-corrected chi connectivity index (χ2v) is 3.34. The number of halogens is 3. The standard InChI is InChI=1S/C10H10F3N3O2/c11-5-3-6(12)9(7(13)4-5)10(17)15-2-1-8(14)16-18/h3-4,18H,1-2H2,(H2,14,16)(H,15,17). The molecule has 0 aromatic heterocycles. The van der Waals surface area contributed by atoms with Crippen LogP contribution in [0, 0.1) is 17.5 Å². The third-order valence-corrected chi connectivity index (χ3v) is 2.03. The van der Waals surface area contributed by atoms with Crippen LogP contribution in [-0.4, -0.2) is 23.5 Å². The number of nitrogens with zero attached hydrogens (tertiary/aromatic N) is 1. The van der Waals surface area contributed by atoms with Gasteiger partial charge < -0.3 is 16.3 Å². The topological polar surface area (TPSA) is 87.7 Å². The van der Waals surface area contributed by atoms with E-state index in [-0.39, 0.29) is 18.8 Å². The molecule has 0 aliphatic rings. The molecule has 1 aromatic carbocycles. The van der Waals surface area contributed by atoms with E-state index < -0.39 is 28.9 Å². The van der Waals surface area contributed by atoms with Crippen LogP contribution in [0.4, 0.5) is 13.2 Å². The van der Waals surface area contributed by atoms with Gasteiger partial charge in [0.15, 0.2) is 0 Å². The van der Waals surface area contributed by atoms with Gasteiger partial charge in [-0.25, -0.2) is 13.2 Å². The Balaban J connectivity index is 2.73. The van der Waals surface area contributed by atoms with E-state index in [1.165, 1.54) is 0 Å². The van der Waals surface area contributed by atoms with Gasteiger partial charge in [-0.3, -0.25) is 4.79 Å². The summed E-state index contributed by atoms with van der Waals surface area (Å²) in [4.78, 5) is 11.4. The summed E-state index contributed by atoms with van der Waals surface area (Å²) in [5.41, 5.74) is 4.25. The van der Waals surface area contributed by atoms with E-state index in [2.05, 4.69) is 10.5 Å². The van der Waals surface area contributed by atoms with Crippen molar-refractivity contribution in [1.29, 1.82) is 0 Å². The lowest BCUT2D eigenvalue weighted by atomic mass is 10.1. The number of carbonyl (C=O) groups excluding carboxylic acids is 1. The Hall–Kier alpha value is -2.25. The molecular weight excluding hydrogens is 251 g/mol. The van der Waals surface area contributed by atoms with Crippen LogP contribution >= 0.6 is 0 Å². The van der Waals surface area contributed by atoms with Gasteiger partial charge in [0, 0.05) is 25.1 Å². The van der Waals surface area contributed by atoms with Gasteiger partial charge >= 0.3 is 0 Å². The van der Waals surface area contributed by atoms with Crippen molar-refractivity contribution < 1.29 is 23.2 Å². The van der Waals surface area contributed by atoms with Crippen molar-refractivity contribution in [3.05, 3.63) is 35.1 Å². The summed E-state index contributed by atoms with van der Waals surface area (Å²) in [7, 11) is 0. The molecule has 98 valence electrons. The lowest BCUT2D eigenvalue weighted by Crippen LogP contribution is -2.29. The molecule has 0 unspecified atom stereocenters. The number of amidine groups is 1. The first-order chi connectivity index (χ1) is 8.45. The van der Waals surface area contributed by atoms with Crippen molar-refractivity contribution in [1.82, 2.24) is 5.32 Å². The fraction of sp³-hybridized carbons (Fsp3) is 0.200. The minimum absolute atomic E-state index is 0.00662. The van der Waals surface area contributed by atoms with Gasteiger partial charge in [-0.15, -0.1) is 0 Å². The van der Waals surface area contributed by atoms with Gasteiger partial charge in [0.25, 0.3) is 5.91 Å². The second kappa shape index (κ2) is 5.89. The van der Waals surface area contributed by atoms with Gasteiger partial charge in [-0.2, -0.15) is 0 Å². The monoisotopic (exact) mass is 261 g/mol. The lowest BCUT2D eigenvalue weighted by molar-refractivity contribution is 0.0946. The summed E-state index contributed by atoms with van der Waals surface area (Å²) < 4.78 is 39.0. The number of nitrogens with two attached hydrogens (primary N) is 1. The smallest absolute Gasteiger partial charge is 0.257 e. The molecular formula is C10H10F3N3O2. The zero-order valence-electron chi connectivity index (χ0n) is 9.08.